The zero-order valence-electron chi connectivity index (χ0n) is 10.7. The molecule has 1 aromatic heterocycles. The van der Waals surface area contributed by atoms with E-state index in [2.05, 4.69) is 58.7 Å². The second-order valence-corrected chi connectivity index (χ2v) is 4.77. The molecule has 93 valence electrons. The van der Waals surface area contributed by atoms with Crippen molar-refractivity contribution >= 4 is 21.5 Å². The van der Waals surface area contributed by atoms with Crippen LogP contribution < -0.4 is 0 Å². The molecular weight excluding hydrogens is 244 g/mol. The van der Waals surface area contributed by atoms with E-state index in [1.54, 1.807) is 6.20 Å². The minimum absolute atomic E-state index is 0.850. The standard InChI is InChI=1S/C18H11N2/c1-2-5-14-11-17-12-16(18-6-3-9-19-20-18)8-7-15(17)10-13(14)4-1/h1-11H. The summed E-state index contributed by atoms with van der Waals surface area (Å²) in [4.78, 5) is 0. The minimum atomic E-state index is 0.850. The van der Waals surface area contributed by atoms with Crippen molar-refractivity contribution < 1.29 is 0 Å². The van der Waals surface area contributed by atoms with Crippen molar-refractivity contribution in [3.8, 4) is 11.3 Å². The molecule has 0 spiro atoms. The zero-order chi connectivity index (χ0) is 13.4. The molecule has 2 nitrogen and oxygen atoms in total. The fourth-order valence-electron chi connectivity index (χ4n) is 2.46. The van der Waals surface area contributed by atoms with E-state index in [-0.39, 0.29) is 0 Å². The lowest BCUT2D eigenvalue weighted by Gasteiger charge is -2.04. The van der Waals surface area contributed by atoms with E-state index in [1.165, 1.54) is 16.2 Å². The smallest absolute Gasteiger partial charge is 0.0936 e. The molecule has 1 radical (unpaired) electrons. The predicted molar refractivity (Wildman–Crippen MR) is 81.3 cm³/mol. The highest BCUT2D eigenvalue weighted by atomic mass is 15.1. The summed E-state index contributed by atoms with van der Waals surface area (Å²) >= 11 is 0. The summed E-state index contributed by atoms with van der Waals surface area (Å²) in [6.45, 7) is 0. The van der Waals surface area contributed by atoms with E-state index in [1.807, 2.05) is 18.2 Å². The molecule has 1 heterocycles. The summed E-state index contributed by atoms with van der Waals surface area (Å²) in [7, 11) is 0. The van der Waals surface area contributed by atoms with Gasteiger partial charge in [-0.2, -0.15) is 10.2 Å². The summed E-state index contributed by atoms with van der Waals surface area (Å²) in [5.41, 5.74) is 1.82. The van der Waals surface area contributed by atoms with Gasteiger partial charge in [0.2, 0.25) is 0 Å². The number of hydrogen-bond donors (Lipinski definition) is 0. The first-order valence-corrected chi connectivity index (χ1v) is 6.53. The number of benzene rings is 3. The Labute approximate surface area is 116 Å². The third-order valence-corrected chi connectivity index (χ3v) is 3.47. The predicted octanol–water partition coefficient (Wildman–Crippen LogP) is 4.25. The van der Waals surface area contributed by atoms with Crippen LogP contribution in [0.4, 0.5) is 0 Å². The molecule has 0 aliphatic heterocycles. The van der Waals surface area contributed by atoms with Crippen molar-refractivity contribution in [2.24, 2.45) is 0 Å². The van der Waals surface area contributed by atoms with Crippen molar-refractivity contribution in [3.63, 3.8) is 0 Å². The van der Waals surface area contributed by atoms with Crippen molar-refractivity contribution in [2.75, 3.05) is 0 Å². The third-order valence-electron chi connectivity index (χ3n) is 3.47. The van der Waals surface area contributed by atoms with Crippen LogP contribution in [-0.2, 0) is 0 Å². The van der Waals surface area contributed by atoms with Gasteiger partial charge in [-0.1, -0.05) is 36.4 Å². The van der Waals surface area contributed by atoms with Gasteiger partial charge in [-0.15, -0.1) is 0 Å². The van der Waals surface area contributed by atoms with Crippen molar-refractivity contribution in [1.29, 1.82) is 0 Å². The molecule has 0 saturated carbocycles. The highest BCUT2D eigenvalue weighted by Crippen LogP contribution is 2.26. The lowest BCUT2D eigenvalue weighted by Crippen LogP contribution is -1.86. The Kier molecular flexibility index (Phi) is 2.46. The minimum Gasteiger partial charge on any atom is -0.159 e. The van der Waals surface area contributed by atoms with Crippen molar-refractivity contribution in [2.45, 2.75) is 0 Å². The SMILES string of the molecule is [c]1c(-c2cccnn2)ccc2cc3ccccc3cc12. The van der Waals surface area contributed by atoms with Crippen LogP contribution in [0, 0.1) is 6.07 Å². The largest absolute Gasteiger partial charge is 0.159 e. The molecule has 20 heavy (non-hydrogen) atoms. The van der Waals surface area contributed by atoms with E-state index in [9.17, 15) is 0 Å². The Morgan fingerprint density at radius 2 is 1.60 bits per heavy atom. The molecule has 0 aliphatic rings. The van der Waals surface area contributed by atoms with Gasteiger partial charge in [-0.3, -0.25) is 0 Å². The van der Waals surface area contributed by atoms with Crippen molar-refractivity contribution in [1.82, 2.24) is 10.2 Å². The Balaban J connectivity index is 1.97. The first kappa shape index (κ1) is 11.1. The average molecular weight is 255 g/mol. The topological polar surface area (TPSA) is 25.8 Å². The third kappa shape index (κ3) is 1.82. The van der Waals surface area contributed by atoms with Crippen LogP contribution in [0.2, 0.25) is 0 Å². The van der Waals surface area contributed by atoms with Crippen LogP contribution in [0.1, 0.15) is 0 Å². The maximum Gasteiger partial charge on any atom is 0.0936 e. The fraction of sp³-hybridized carbons (Fsp3) is 0. The van der Waals surface area contributed by atoms with Crippen LogP contribution in [0.5, 0.6) is 0 Å². The highest BCUT2D eigenvalue weighted by molar-refractivity contribution is 5.99. The lowest BCUT2D eigenvalue weighted by atomic mass is 10.0. The van der Waals surface area contributed by atoms with E-state index in [0.29, 0.717) is 0 Å². The lowest BCUT2D eigenvalue weighted by molar-refractivity contribution is 1.04. The molecule has 0 bridgehead atoms. The first-order chi connectivity index (χ1) is 9.90. The Hall–Kier alpha value is -2.74. The molecule has 0 unspecified atom stereocenters. The number of hydrogen-bond acceptors (Lipinski definition) is 2. The number of fused-ring (bicyclic) bond motifs is 2. The molecule has 0 amide bonds. The van der Waals surface area contributed by atoms with Gasteiger partial charge in [-0.05, 0) is 45.8 Å². The molecule has 2 heteroatoms. The average Bonchev–Trinajstić information content (AvgIpc) is 2.53. The summed E-state index contributed by atoms with van der Waals surface area (Å²) in [6, 6.07) is 24.2. The van der Waals surface area contributed by atoms with Crippen LogP contribution in [0.15, 0.2) is 66.9 Å². The molecule has 0 fully saturated rings. The number of nitrogens with zero attached hydrogens (tertiary/aromatic N) is 2. The summed E-state index contributed by atoms with van der Waals surface area (Å²) in [6.07, 6.45) is 1.68. The second-order valence-electron chi connectivity index (χ2n) is 4.77. The molecular formula is C18H11N2. The molecule has 0 aliphatic carbocycles. The molecule has 4 rings (SSSR count). The fourth-order valence-corrected chi connectivity index (χ4v) is 2.46. The summed E-state index contributed by atoms with van der Waals surface area (Å²) in [5, 5.41) is 12.8. The molecule has 4 aromatic rings. The van der Waals surface area contributed by atoms with Gasteiger partial charge in [-0.25, -0.2) is 0 Å². The highest BCUT2D eigenvalue weighted by Gasteiger charge is 2.03. The maximum absolute atomic E-state index is 4.14. The van der Waals surface area contributed by atoms with E-state index in [0.717, 1.165) is 16.6 Å². The monoisotopic (exact) mass is 255 g/mol. The van der Waals surface area contributed by atoms with Gasteiger partial charge in [0, 0.05) is 17.8 Å². The summed E-state index contributed by atoms with van der Waals surface area (Å²) in [5.74, 6) is 0. The van der Waals surface area contributed by atoms with Gasteiger partial charge in [0.15, 0.2) is 0 Å². The van der Waals surface area contributed by atoms with Gasteiger partial charge in [0.1, 0.15) is 0 Å². The van der Waals surface area contributed by atoms with Gasteiger partial charge in [0.05, 0.1) is 5.69 Å². The quantitative estimate of drug-likeness (QED) is 0.475. The summed E-state index contributed by atoms with van der Waals surface area (Å²) < 4.78 is 0. The normalized spacial score (nSPS) is 11.0. The van der Waals surface area contributed by atoms with E-state index in [4.69, 9.17) is 0 Å². The Bertz CT molecular complexity index is 899. The molecule has 0 N–H and O–H groups in total. The molecule has 0 atom stereocenters. The molecule has 3 aromatic carbocycles. The first-order valence-electron chi connectivity index (χ1n) is 6.53. The maximum atomic E-state index is 4.14. The second kappa shape index (κ2) is 4.42. The van der Waals surface area contributed by atoms with Crippen molar-refractivity contribution in [3.05, 3.63) is 72.9 Å². The number of rotatable bonds is 1. The molecule has 0 saturated heterocycles. The van der Waals surface area contributed by atoms with E-state index >= 15 is 0 Å². The van der Waals surface area contributed by atoms with Gasteiger partial charge in [0.25, 0.3) is 0 Å². The zero-order valence-corrected chi connectivity index (χ0v) is 10.7. The Morgan fingerprint density at radius 1 is 0.750 bits per heavy atom. The van der Waals surface area contributed by atoms with Crippen LogP contribution in [-0.4, -0.2) is 10.2 Å². The van der Waals surface area contributed by atoms with Gasteiger partial charge < -0.3 is 0 Å². The van der Waals surface area contributed by atoms with Crippen LogP contribution in [0.25, 0.3) is 32.8 Å². The van der Waals surface area contributed by atoms with Crippen LogP contribution in [0.3, 0.4) is 0 Å². The van der Waals surface area contributed by atoms with E-state index < -0.39 is 0 Å². The van der Waals surface area contributed by atoms with Crippen LogP contribution >= 0.6 is 0 Å². The number of aromatic nitrogens is 2. The Morgan fingerprint density at radius 3 is 2.40 bits per heavy atom. The van der Waals surface area contributed by atoms with Gasteiger partial charge >= 0.3 is 0 Å².